The Morgan fingerprint density at radius 3 is 2.00 bits per heavy atom. The lowest BCUT2D eigenvalue weighted by molar-refractivity contribution is 0.355. The highest BCUT2D eigenvalue weighted by molar-refractivity contribution is 5.86. The normalized spacial score (nSPS) is 11.1. The number of rotatable bonds is 4. The minimum atomic E-state index is 0.739. The SMILES string of the molecule is COc1ccc(/C=C/c2ccc3cc(C)ccc3c2)cc1OC. The predicted octanol–water partition coefficient (Wildman–Crippen LogP) is 5.34. The number of aryl methyl sites for hydroxylation is 1. The predicted molar refractivity (Wildman–Crippen MR) is 97.2 cm³/mol. The third-order valence-electron chi connectivity index (χ3n) is 3.90. The van der Waals surface area contributed by atoms with Crippen LogP contribution in [0, 0.1) is 6.92 Å². The molecule has 0 bridgehead atoms. The summed E-state index contributed by atoms with van der Waals surface area (Å²) in [7, 11) is 3.29. The lowest BCUT2D eigenvalue weighted by atomic mass is 10.0. The van der Waals surface area contributed by atoms with Crippen LogP contribution in [0.4, 0.5) is 0 Å². The maximum absolute atomic E-state index is 5.34. The van der Waals surface area contributed by atoms with Gasteiger partial charge in [-0.2, -0.15) is 0 Å². The maximum Gasteiger partial charge on any atom is 0.161 e. The molecule has 0 heterocycles. The van der Waals surface area contributed by atoms with Crippen LogP contribution in [-0.4, -0.2) is 14.2 Å². The summed E-state index contributed by atoms with van der Waals surface area (Å²) in [5, 5.41) is 2.53. The van der Waals surface area contributed by atoms with Gasteiger partial charge in [0.2, 0.25) is 0 Å². The summed E-state index contributed by atoms with van der Waals surface area (Å²) in [6.07, 6.45) is 4.19. The van der Waals surface area contributed by atoms with E-state index in [4.69, 9.17) is 9.47 Å². The Hall–Kier alpha value is -2.74. The van der Waals surface area contributed by atoms with E-state index in [1.165, 1.54) is 21.9 Å². The standard InChI is InChI=1S/C21H20O2/c1-15-4-9-19-13-16(7-10-18(19)12-15)5-6-17-8-11-20(22-2)21(14-17)23-3/h4-14H,1-3H3/b6-5+. The van der Waals surface area contributed by atoms with Crippen molar-refractivity contribution in [2.45, 2.75) is 6.92 Å². The zero-order valence-corrected chi connectivity index (χ0v) is 13.7. The second kappa shape index (κ2) is 6.57. The molecule has 3 rings (SSSR count). The Bertz CT molecular complexity index is 863. The van der Waals surface area contributed by atoms with Crippen LogP contribution in [0.1, 0.15) is 16.7 Å². The van der Waals surface area contributed by atoms with Crippen molar-refractivity contribution in [1.82, 2.24) is 0 Å². The molecule has 0 aliphatic rings. The van der Waals surface area contributed by atoms with E-state index in [0.29, 0.717) is 0 Å². The number of hydrogen-bond acceptors (Lipinski definition) is 2. The van der Waals surface area contributed by atoms with E-state index < -0.39 is 0 Å². The highest BCUT2D eigenvalue weighted by Crippen LogP contribution is 2.28. The average Bonchev–Trinajstić information content (AvgIpc) is 2.59. The topological polar surface area (TPSA) is 18.5 Å². The highest BCUT2D eigenvalue weighted by atomic mass is 16.5. The first-order valence-electron chi connectivity index (χ1n) is 7.60. The van der Waals surface area contributed by atoms with E-state index in [0.717, 1.165) is 17.1 Å². The van der Waals surface area contributed by atoms with Crippen molar-refractivity contribution in [2.24, 2.45) is 0 Å². The summed E-state index contributed by atoms with van der Waals surface area (Å²) in [4.78, 5) is 0. The van der Waals surface area contributed by atoms with Crippen LogP contribution in [0.3, 0.4) is 0 Å². The molecule has 2 heteroatoms. The molecular weight excluding hydrogens is 284 g/mol. The quantitative estimate of drug-likeness (QED) is 0.606. The Morgan fingerprint density at radius 2 is 1.26 bits per heavy atom. The first-order valence-corrected chi connectivity index (χ1v) is 7.60. The Morgan fingerprint density at radius 1 is 0.652 bits per heavy atom. The summed E-state index contributed by atoms with van der Waals surface area (Å²) in [5.41, 5.74) is 3.54. The zero-order valence-electron chi connectivity index (χ0n) is 13.7. The molecule has 0 fully saturated rings. The van der Waals surface area contributed by atoms with Gasteiger partial charge in [-0.3, -0.25) is 0 Å². The number of benzene rings is 3. The minimum absolute atomic E-state index is 0.739. The van der Waals surface area contributed by atoms with E-state index in [9.17, 15) is 0 Å². The maximum atomic E-state index is 5.34. The number of methoxy groups -OCH3 is 2. The molecule has 0 saturated heterocycles. The molecule has 0 unspecified atom stereocenters. The molecule has 0 amide bonds. The molecule has 0 N–H and O–H groups in total. The number of ether oxygens (including phenoxy) is 2. The van der Waals surface area contributed by atoms with Crippen LogP contribution >= 0.6 is 0 Å². The van der Waals surface area contributed by atoms with Crippen LogP contribution < -0.4 is 9.47 Å². The molecule has 0 aromatic heterocycles. The smallest absolute Gasteiger partial charge is 0.161 e. The molecule has 23 heavy (non-hydrogen) atoms. The van der Waals surface area contributed by atoms with Gasteiger partial charge in [0.05, 0.1) is 14.2 Å². The fourth-order valence-corrected chi connectivity index (χ4v) is 2.64. The Labute approximate surface area is 137 Å². The van der Waals surface area contributed by atoms with Crippen molar-refractivity contribution in [1.29, 1.82) is 0 Å². The van der Waals surface area contributed by atoms with Crippen molar-refractivity contribution in [3.8, 4) is 11.5 Å². The van der Waals surface area contributed by atoms with Crippen LogP contribution in [0.5, 0.6) is 11.5 Å². The average molecular weight is 304 g/mol. The molecule has 2 nitrogen and oxygen atoms in total. The summed E-state index contributed by atoms with van der Waals surface area (Å²) in [6.45, 7) is 2.12. The third kappa shape index (κ3) is 3.37. The van der Waals surface area contributed by atoms with Gasteiger partial charge in [-0.15, -0.1) is 0 Å². The van der Waals surface area contributed by atoms with Gasteiger partial charge in [0.15, 0.2) is 11.5 Å². The monoisotopic (exact) mass is 304 g/mol. The fraction of sp³-hybridized carbons (Fsp3) is 0.143. The lowest BCUT2D eigenvalue weighted by Gasteiger charge is -2.07. The van der Waals surface area contributed by atoms with Crippen LogP contribution in [0.25, 0.3) is 22.9 Å². The van der Waals surface area contributed by atoms with Crippen LogP contribution in [0.2, 0.25) is 0 Å². The van der Waals surface area contributed by atoms with Gasteiger partial charge in [-0.05, 0) is 47.0 Å². The van der Waals surface area contributed by atoms with E-state index in [-0.39, 0.29) is 0 Å². The second-order valence-corrected chi connectivity index (χ2v) is 5.56. The van der Waals surface area contributed by atoms with E-state index in [1.54, 1.807) is 14.2 Å². The molecule has 0 aliphatic heterocycles. The summed E-state index contributed by atoms with van der Waals surface area (Å²) in [5.74, 6) is 1.48. The summed E-state index contributed by atoms with van der Waals surface area (Å²) < 4.78 is 10.6. The minimum Gasteiger partial charge on any atom is -0.493 e. The molecule has 3 aromatic carbocycles. The van der Waals surface area contributed by atoms with Gasteiger partial charge < -0.3 is 9.47 Å². The summed E-state index contributed by atoms with van der Waals surface area (Å²) >= 11 is 0. The van der Waals surface area contributed by atoms with Crippen LogP contribution in [-0.2, 0) is 0 Å². The van der Waals surface area contributed by atoms with Gasteiger partial charge in [-0.25, -0.2) is 0 Å². The van der Waals surface area contributed by atoms with E-state index in [1.807, 2.05) is 18.2 Å². The molecular formula is C21H20O2. The van der Waals surface area contributed by atoms with Crippen molar-refractivity contribution in [3.63, 3.8) is 0 Å². The largest absolute Gasteiger partial charge is 0.493 e. The molecule has 116 valence electrons. The van der Waals surface area contributed by atoms with E-state index >= 15 is 0 Å². The second-order valence-electron chi connectivity index (χ2n) is 5.56. The first kappa shape index (κ1) is 15.2. The van der Waals surface area contributed by atoms with Gasteiger partial charge in [0, 0.05) is 0 Å². The van der Waals surface area contributed by atoms with Gasteiger partial charge >= 0.3 is 0 Å². The Balaban J connectivity index is 1.89. The highest BCUT2D eigenvalue weighted by Gasteiger charge is 2.02. The van der Waals surface area contributed by atoms with Crippen molar-refractivity contribution >= 4 is 22.9 Å². The summed E-state index contributed by atoms with van der Waals surface area (Å²) in [6, 6.07) is 18.9. The van der Waals surface area contributed by atoms with Crippen LogP contribution in [0.15, 0.2) is 54.6 Å². The van der Waals surface area contributed by atoms with Crippen molar-refractivity contribution < 1.29 is 9.47 Å². The lowest BCUT2D eigenvalue weighted by Crippen LogP contribution is -1.90. The molecule has 0 radical (unpaired) electrons. The molecule has 0 spiro atoms. The van der Waals surface area contributed by atoms with Gasteiger partial charge in [0.25, 0.3) is 0 Å². The molecule has 0 saturated carbocycles. The van der Waals surface area contributed by atoms with Crippen molar-refractivity contribution in [3.05, 3.63) is 71.3 Å². The molecule has 0 atom stereocenters. The Kier molecular flexibility index (Phi) is 4.33. The zero-order chi connectivity index (χ0) is 16.2. The van der Waals surface area contributed by atoms with E-state index in [2.05, 4.69) is 55.5 Å². The first-order chi connectivity index (χ1) is 11.2. The van der Waals surface area contributed by atoms with Gasteiger partial charge in [-0.1, -0.05) is 54.1 Å². The third-order valence-corrected chi connectivity index (χ3v) is 3.90. The van der Waals surface area contributed by atoms with Gasteiger partial charge in [0.1, 0.15) is 0 Å². The molecule has 3 aromatic rings. The van der Waals surface area contributed by atoms with Crippen molar-refractivity contribution in [2.75, 3.05) is 14.2 Å². The fourth-order valence-electron chi connectivity index (χ4n) is 2.64. The molecule has 0 aliphatic carbocycles. The number of hydrogen-bond donors (Lipinski definition) is 0. The number of fused-ring (bicyclic) bond motifs is 1.